The summed E-state index contributed by atoms with van der Waals surface area (Å²) in [7, 11) is 0. The maximum Gasteiger partial charge on any atom is 0.263 e. The zero-order valence-electron chi connectivity index (χ0n) is 32.6. The molecule has 4 fully saturated rings. The van der Waals surface area contributed by atoms with Crippen LogP contribution >= 0.6 is 0 Å². The number of aromatic hydroxyl groups is 1. The number of pyridine rings is 2. The van der Waals surface area contributed by atoms with E-state index in [1.165, 1.54) is 22.0 Å². The van der Waals surface area contributed by atoms with Gasteiger partial charge in [0.2, 0.25) is 5.88 Å². The number of aromatic nitrogens is 2. The third kappa shape index (κ3) is 7.51. The van der Waals surface area contributed by atoms with Crippen LogP contribution in [-0.4, -0.2) is 121 Å². The Labute approximate surface area is 323 Å². The van der Waals surface area contributed by atoms with Gasteiger partial charge in [0, 0.05) is 76.7 Å². The molecule has 12 nitrogen and oxygen atoms in total. The molecule has 2 aromatic rings. The molecule has 1 aromatic heterocycles. The van der Waals surface area contributed by atoms with Crippen molar-refractivity contribution in [1.82, 2.24) is 23.8 Å². The molecule has 4 aliphatic heterocycles. The maximum absolute atomic E-state index is 14.7. The zero-order valence-corrected chi connectivity index (χ0v) is 32.6. The number of hydrogen-bond acceptors (Lipinski definition) is 10. The van der Waals surface area contributed by atoms with E-state index in [4.69, 9.17) is 14.5 Å². The number of morpholine rings is 2. The minimum atomic E-state index is -0.370. The summed E-state index contributed by atoms with van der Waals surface area (Å²) in [4.78, 5) is 55.9. The van der Waals surface area contributed by atoms with E-state index < -0.39 is 0 Å². The van der Waals surface area contributed by atoms with E-state index in [0.29, 0.717) is 108 Å². The monoisotopic (exact) mass is 754 g/mol. The summed E-state index contributed by atoms with van der Waals surface area (Å²) < 4.78 is 13.9. The highest BCUT2D eigenvalue weighted by Crippen LogP contribution is 2.48. The van der Waals surface area contributed by atoms with Crippen molar-refractivity contribution in [2.45, 2.75) is 59.0 Å². The number of allylic oxidation sites excluding steroid dienone is 4. The van der Waals surface area contributed by atoms with Gasteiger partial charge in [0.15, 0.2) is 0 Å². The topological polar surface area (TPSA) is 122 Å². The summed E-state index contributed by atoms with van der Waals surface area (Å²) >= 11 is 0. The lowest BCUT2D eigenvalue weighted by molar-refractivity contribution is 0.0368. The molecule has 5 heterocycles. The van der Waals surface area contributed by atoms with E-state index >= 15 is 0 Å². The van der Waals surface area contributed by atoms with Crippen molar-refractivity contribution in [3.8, 4) is 17.0 Å². The lowest BCUT2D eigenvalue weighted by Crippen LogP contribution is -2.40. The molecular formula is C43H58N6O6. The first kappa shape index (κ1) is 38.0. The van der Waals surface area contributed by atoms with E-state index in [-0.39, 0.29) is 30.5 Å². The van der Waals surface area contributed by atoms with Gasteiger partial charge in [0.05, 0.1) is 54.7 Å². The number of fused-ring (bicyclic) bond motifs is 1. The van der Waals surface area contributed by atoms with E-state index in [0.717, 1.165) is 70.9 Å². The molecule has 2 atom stereocenters. The number of likely N-dealkylation sites (tertiary alicyclic amines) is 1. The molecular weight excluding hydrogens is 697 g/mol. The second-order valence-electron chi connectivity index (χ2n) is 15.5. The fourth-order valence-corrected chi connectivity index (χ4v) is 9.13. The average molecular weight is 755 g/mol. The average Bonchev–Trinajstić information content (AvgIpc) is 3.82. The van der Waals surface area contributed by atoms with Crippen LogP contribution in [0.1, 0.15) is 52.9 Å². The first-order chi connectivity index (χ1) is 27.0. The maximum atomic E-state index is 14.7. The molecule has 296 valence electrons. The highest BCUT2D eigenvalue weighted by Gasteiger charge is 2.36. The minimum Gasteiger partial charge on any atom is -0.494 e. The van der Waals surface area contributed by atoms with Gasteiger partial charge in [-0.3, -0.25) is 38.3 Å². The molecule has 0 spiro atoms. The number of benzene rings is 2. The van der Waals surface area contributed by atoms with Crippen LogP contribution in [0.4, 0.5) is 0 Å². The Balaban J connectivity index is 0.00000158. The Hall–Kier alpha value is -3.94. The van der Waals surface area contributed by atoms with Gasteiger partial charge in [-0.25, -0.2) is 0 Å². The van der Waals surface area contributed by atoms with Crippen LogP contribution in [0.25, 0.3) is 38.2 Å². The number of nitrogens with zero attached hydrogens (tertiary/aromatic N) is 6. The Kier molecular flexibility index (Phi) is 11.5. The van der Waals surface area contributed by atoms with Crippen LogP contribution in [0.2, 0.25) is 0 Å². The second kappa shape index (κ2) is 16.7. The van der Waals surface area contributed by atoms with Crippen LogP contribution in [0.3, 0.4) is 0 Å². The smallest absolute Gasteiger partial charge is 0.263 e. The molecule has 0 radical (unpaired) electrons. The van der Waals surface area contributed by atoms with Crippen molar-refractivity contribution in [3.05, 3.63) is 72.3 Å². The molecule has 55 heavy (non-hydrogen) atoms. The van der Waals surface area contributed by atoms with Crippen molar-refractivity contribution >= 4 is 27.1 Å². The summed E-state index contributed by atoms with van der Waals surface area (Å²) in [6, 6.07) is 3.66. The van der Waals surface area contributed by atoms with Gasteiger partial charge >= 0.3 is 0 Å². The number of hydrogen-bond donors (Lipinski definition) is 1. The summed E-state index contributed by atoms with van der Waals surface area (Å²) in [5.41, 5.74) is 1.40. The van der Waals surface area contributed by atoms with Crippen molar-refractivity contribution in [2.24, 2.45) is 16.8 Å². The zero-order chi connectivity index (χ0) is 38.1. The quantitative estimate of drug-likeness (QED) is 0.216. The van der Waals surface area contributed by atoms with Crippen LogP contribution < -0.4 is 22.0 Å². The fraction of sp³-hybridized carbons (Fsp3) is 0.581. The van der Waals surface area contributed by atoms with Crippen LogP contribution in [0.5, 0.6) is 5.88 Å². The molecule has 0 amide bonds. The van der Waals surface area contributed by atoms with E-state index in [2.05, 4.69) is 32.9 Å². The normalized spacial score (nSPS) is 22.4. The Morgan fingerprint density at radius 3 is 1.98 bits per heavy atom. The second-order valence-corrected chi connectivity index (χ2v) is 15.5. The molecule has 0 bridgehead atoms. The predicted octanol–water partition coefficient (Wildman–Crippen LogP) is 3.67. The fourth-order valence-electron chi connectivity index (χ4n) is 9.13. The third-order valence-electron chi connectivity index (χ3n) is 12.2. The first-order valence-electron chi connectivity index (χ1n) is 20.8. The van der Waals surface area contributed by atoms with Gasteiger partial charge in [-0.1, -0.05) is 32.1 Å². The molecule has 2 unspecified atom stereocenters. The highest BCUT2D eigenvalue weighted by molar-refractivity contribution is 6.18. The van der Waals surface area contributed by atoms with Crippen LogP contribution in [0.15, 0.2) is 49.7 Å². The van der Waals surface area contributed by atoms with Crippen LogP contribution in [-0.2, 0) is 22.6 Å². The summed E-state index contributed by atoms with van der Waals surface area (Å²) in [6.07, 6.45) is 11.3. The SMILES string of the molecule is CC.O=c1c2c(=NCCN3CCCC3)cc3c(=O)n(CCCN4CCOCC4)c(=O)c4c(C5=CC6CC6C=C5)cc(c(O)n1CCCN1CCOCC1)c2c4-3.[HH]. The lowest BCUT2D eigenvalue weighted by Gasteiger charge is -2.27. The standard InChI is InChI=1S/C41H50N6O6.C2H6.H2/c48-38-31-25-30(28-6-5-27-23-29(27)24-28)36-34-32(39(49)46(40(36)50)12-3-10-44-15-19-52-20-16-44)26-33(42-7-14-43-8-1-2-9-43)37(35(31)34)41(51)47(38)13-4-11-45-17-21-53-22-18-45;1-2;/h5-6,24-27,29,48H,1-4,7-23H2;1-2H3;1H. The van der Waals surface area contributed by atoms with Crippen LogP contribution in [0, 0.1) is 11.8 Å². The van der Waals surface area contributed by atoms with E-state index in [1.807, 2.05) is 19.9 Å². The van der Waals surface area contributed by atoms with Gasteiger partial charge in [-0.2, -0.15) is 0 Å². The number of rotatable bonds is 12. The van der Waals surface area contributed by atoms with Gasteiger partial charge in [-0.05, 0) is 80.3 Å². The van der Waals surface area contributed by atoms with Crippen molar-refractivity contribution in [2.75, 3.05) is 91.9 Å². The molecule has 1 aromatic carbocycles. The summed E-state index contributed by atoms with van der Waals surface area (Å²) in [6.45, 7) is 15.6. The van der Waals surface area contributed by atoms with Gasteiger partial charge < -0.3 is 19.5 Å². The Morgan fingerprint density at radius 2 is 1.33 bits per heavy atom. The molecule has 7 aliphatic rings. The van der Waals surface area contributed by atoms with Crippen molar-refractivity contribution in [3.63, 3.8) is 0 Å². The van der Waals surface area contributed by atoms with Crippen molar-refractivity contribution in [1.29, 1.82) is 0 Å². The van der Waals surface area contributed by atoms with Gasteiger partial charge in [0.1, 0.15) is 0 Å². The van der Waals surface area contributed by atoms with E-state index in [1.54, 1.807) is 6.07 Å². The number of ether oxygens (including phenoxy) is 2. The van der Waals surface area contributed by atoms with Crippen molar-refractivity contribution < 1.29 is 16.0 Å². The molecule has 3 aliphatic carbocycles. The molecule has 1 saturated carbocycles. The Bertz CT molecular complexity index is 2270. The lowest BCUT2D eigenvalue weighted by atomic mass is 9.85. The molecule has 3 saturated heterocycles. The highest BCUT2D eigenvalue weighted by atomic mass is 16.5. The van der Waals surface area contributed by atoms with Gasteiger partial charge in [-0.15, -0.1) is 0 Å². The predicted molar refractivity (Wildman–Crippen MR) is 219 cm³/mol. The largest absolute Gasteiger partial charge is 0.494 e. The first-order valence-corrected chi connectivity index (χ1v) is 20.8. The minimum absolute atomic E-state index is 0. The summed E-state index contributed by atoms with van der Waals surface area (Å²) in [5, 5.41) is 14.3. The van der Waals surface area contributed by atoms with E-state index in [9.17, 15) is 19.5 Å². The third-order valence-corrected chi connectivity index (χ3v) is 12.2. The van der Waals surface area contributed by atoms with Gasteiger partial charge in [0.25, 0.3) is 16.7 Å². The molecule has 1 N–H and O–H groups in total. The summed E-state index contributed by atoms with van der Waals surface area (Å²) in [5.74, 6) is 0.811. The molecule has 9 rings (SSSR count). The molecule has 12 heteroatoms. The Morgan fingerprint density at radius 1 is 0.709 bits per heavy atom.